The highest BCUT2D eigenvalue weighted by Gasteiger charge is 2.23. The topological polar surface area (TPSA) is 41.4 Å². The Hall–Kier alpha value is -1.56. The third-order valence-corrected chi connectivity index (χ3v) is 5.30. The number of benzene rings is 1. The van der Waals surface area contributed by atoms with Crippen LogP contribution in [0.15, 0.2) is 30.6 Å². The van der Waals surface area contributed by atoms with Gasteiger partial charge < -0.3 is 9.47 Å². The van der Waals surface area contributed by atoms with Crippen LogP contribution in [0, 0.1) is 0 Å². The number of carbonyl (C=O) groups excluding carboxylic acids is 1. The Morgan fingerprint density at radius 3 is 2.58 bits per heavy atom. The van der Waals surface area contributed by atoms with Gasteiger partial charge >= 0.3 is 0 Å². The molecule has 0 spiro atoms. The van der Waals surface area contributed by atoms with Crippen molar-refractivity contribution in [2.75, 3.05) is 32.7 Å². The Morgan fingerprint density at radius 1 is 1.15 bits per heavy atom. The molecule has 2 heterocycles. The molecule has 2 aromatic rings. The molecule has 0 atom stereocenters. The predicted molar refractivity (Wildman–Crippen MR) is 105 cm³/mol. The standard InChI is InChI=1S/C19H24Cl2N4O/c1-14(2)18-22-5-6-24(18)10-7-23-8-11-25(12-9-23)19(26)16-13-15(20)3-4-17(16)21/h3-6,13-14H,7-12H2,1-2H3. The molecule has 7 heteroatoms. The van der Waals surface area contributed by atoms with Crippen molar-refractivity contribution in [1.29, 1.82) is 0 Å². The van der Waals surface area contributed by atoms with Crippen LogP contribution in [-0.2, 0) is 6.54 Å². The SMILES string of the molecule is CC(C)c1nccn1CCN1CCN(C(=O)c2cc(Cl)ccc2Cl)CC1. The van der Waals surface area contributed by atoms with Crippen LogP contribution in [0.2, 0.25) is 10.0 Å². The van der Waals surface area contributed by atoms with Gasteiger partial charge in [-0.2, -0.15) is 0 Å². The minimum absolute atomic E-state index is 0.0474. The number of hydrogen-bond donors (Lipinski definition) is 0. The third-order valence-electron chi connectivity index (χ3n) is 4.74. The number of nitrogens with zero attached hydrogens (tertiary/aromatic N) is 4. The number of rotatable bonds is 5. The molecule has 1 saturated heterocycles. The normalized spacial score (nSPS) is 15.7. The highest BCUT2D eigenvalue weighted by molar-refractivity contribution is 6.35. The van der Waals surface area contributed by atoms with Crippen molar-refractivity contribution in [3.63, 3.8) is 0 Å². The molecule has 0 bridgehead atoms. The Balaban J connectivity index is 1.53. The lowest BCUT2D eigenvalue weighted by molar-refractivity contribution is 0.0633. The Bertz CT molecular complexity index is 767. The molecule has 1 aliphatic rings. The predicted octanol–water partition coefficient (Wildman–Crippen LogP) is 3.77. The van der Waals surface area contributed by atoms with Crippen LogP contribution in [0.25, 0.3) is 0 Å². The van der Waals surface area contributed by atoms with Crippen molar-refractivity contribution in [3.8, 4) is 0 Å². The van der Waals surface area contributed by atoms with Gasteiger partial charge in [0.2, 0.25) is 0 Å². The largest absolute Gasteiger partial charge is 0.336 e. The van der Waals surface area contributed by atoms with E-state index >= 15 is 0 Å². The fraction of sp³-hybridized carbons (Fsp3) is 0.474. The van der Waals surface area contributed by atoms with Gasteiger partial charge in [0.05, 0.1) is 10.6 Å². The molecule has 26 heavy (non-hydrogen) atoms. The first kappa shape index (κ1) is 19.2. The highest BCUT2D eigenvalue weighted by Crippen LogP contribution is 2.22. The smallest absolute Gasteiger partial charge is 0.255 e. The van der Waals surface area contributed by atoms with Crippen LogP contribution in [0.4, 0.5) is 0 Å². The molecule has 0 radical (unpaired) electrons. The lowest BCUT2D eigenvalue weighted by atomic mass is 10.1. The molecule has 1 fully saturated rings. The summed E-state index contributed by atoms with van der Waals surface area (Å²) in [5.41, 5.74) is 0.479. The fourth-order valence-corrected chi connectivity index (χ4v) is 3.64. The number of aromatic nitrogens is 2. The maximum absolute atomic E-state index is 12.7. The van der Waals surface area contributed by atoms with Crippen molar-refractivity contribution >= 4 is 29.1 Å². The van der Waals surface area contributed by atoms with E-state index < -0.39 is 0 Å². The summed E-state index contributed by atoms with van der Waals surface area (Å²) < 4.78 is 2.22. The van der Waals surface area contributed by atoms with E-state index in [2.05, 4.69) is 28.3 Å². The zero-order valence-electron chi connectivity index (χ0n) is 15.2. The monoisotopic (exact) mass is 394 g/mol. The first-order valence-corrected chi connectivity index (χ1v) is 9.69. The van der Waals surface area contributed by atoms with Gasteiger partial charge in [-0.25, -0.2) is 4.98 Å². The molecule has 1 aliphatic heterocycles. The molecule has 0 unspecified atom stereocenters. The second-order valence-corrected chi connectivity index (χ2v) is 7.74. The molecule has 0 saturated carbocycles. The number of carbonyl (C=O) groups is 1. The van der Waals surface area contributed by atoms with Gasteiger partial charge in [0.15, 0.2) is 0 Å². The Kier molecular flexibility index (Phi) is 6.22. The summed E-state index contributed by atoms with van der Waals surface area (Å²) in [5.74, 6) is 1.49. The second-order valence-electron chi connectivity index (χ2n) is 6.89. The zero-order chi connectivity index (χ0) is 18.7. The van der Waals surface area contributed by atoms with Crippen molar-refractivity contribution in [1.82, 2.24) is 19.4 Å². The van der Waals surface area contributed by atoms with Crippen LogP contribution < -0.4 is 0 Å². The summed E-state index contributed by atoms with van der Waals surface area (Å²) in [6.45, 7) is 9.29. The molecular weight excluding hydrogens is 371 g/mol. The van der Waals surface area contributed by atoms with Gasteiger partial charge in [0.25, 0.3) is 5.91 Å². The third kappa shape index (κ3) is 4.40. The minimum atomic E-state index is -0.0474. The minimum Gasteiger partial charge on any atom is -0.336 e. The molecule has 0 N–H and O–H groups in total. The molecule has 1 aromatic carbocycles. The van der Waals surface area contributed by atoms with Gasteiger partial charge in [-0.05, 0) is 18.2 Å². The van der Waals surface area contributed by atoms with Crippen molar-refractivity contribution < 1.29 is 4.79 Å². The highest BCUT2D eigenvalue weighted by atomic mass is 35.5. The number of imidazole rings is 1. The average molecular weight is 395 g/mol. The lowest BCUT2D eigenvalue weighted by Crippen LogP contribution is -2.49. The summed E-state index contributed by atoms with van der Waals surface area (Å²) in [6, 6.07) is 5.01. The first-order valence-electron chi connectivity index (χ1n) is 8.93. The molecule has 3 rings (SSSR count). The molecule has 140 valence electrons. The summed E-state index contributed by atoms with van der Waals surface area (Å²) in [4.78, 5) is 21.4. The van der Waals surface area contributed by atoms with E-state index in [4.69, 9.17) is 23.2 Å². The molecule has 5 nitrogen and oxygen atoms in total. The number of halogens is 2. The summed E-state index contributed by atoms with van der Waals surface area (Å²) in [5, 5.41) is 0.973. The van der Waals surface area contributed by atoms with Crippen LogP contribution in [0.5, 0.6) is 0 Å². The van der Waals surface area contributed by atoms with E-state index in [0.717, 1.165) is 32.0 Å². The van der Waals surface area contributed by atoms with Crippen LogP contribution >= 0.6 is 23.2 Å². The molecule has 0 aliphatic carbocycles. The van der Waals surface area contributed by atoms with E-state index in [9.17, 15) is 4.79 Å². The zero-order valence-corrected chi connectivity index (χ0v) is 16.7. The number of amides is 1. The van der Waals surface area contributed by atoms with Gasteiger partial charge in [-0.1, -0.05) is 37.0 Å². The Labute approximate surface area is 164 Å². The quantitative estimate of drug-likeness (QED) is 0.774. The van der Waals surface area contributed by atoms with Gasteiger partial charge in [0, 0.05) is 62.6 Å². The number of piperazine rings is 1. The van der Waals surface area contributed by atoms with Gasteiger partial charge in [0.1, 0.15) is 5.82 Å². The first-order chi connectivity index (χ1) is 12.5. The molecular formula is C19H24Cl2N4O. The number of hydrogen-bond acceptors (Lipinski definition) is 3. The Morgan fingerprint density at radius 2 is 1.88 bits per heavy atom. The van der Waals surface area contributed by atoms with Crippen molar-refractivity contribution in [2.24, 2.45) is 0 Å². The van der Waals surface area contributed by atoms with E-state index in [0.29, 0.717) is 34.6 Å². The molecule has 1 amide bonds. The van der Waals surface area contributed by atoms with E-state index in [-0.39, 0.29) is 5.91 Å². The fourth-order valence-electron chi connectivity index (χ4n) is 3.27. The van der Waals surface area contributed by atoms with Crippen molar-refractivity contribution in [3.05, 3.63) is 52.0 Å². The lowest BCUT2D eigenvalue weighted by Gasteiger charge is -2.35. The maximum Gasteiger partial charge on any atom is 0.255 e. The van der Waals surface area contributed by atoms with Gasteiger partial charge in [-0.3, -0.25) is 9.69 Å². The van der Waals surface area contributed by atoms with Crippen LogP contribution in [-0.4, -0.2) is 58.0 Å². The summed E-state index contributed by atoms with van der Waals surface area (Å²) >= 11 is 12.2. The van der Waals surface area contributed by atoms with E-state index in [1.165, 1.54) is 0 Å². The van der Waals surface area contributed by atoms with Crippen LogP contribution in [0.3, 0.4) is 0 Å². The van der Waals surface area contributed by atoms with Crippen LogP contribution in [0.1, 0.15) is 35.9 Å². The van der Waals surface area contributed by atoms with Crippen molar-refractivity contribution in [2.45, 2.75) is 26.3 Å². The van der Waals surface area contributed by atoms with E-state index in [1.54, 1.807) is 18.2 Å². The summed E-state index contributed by atoms with van der Waals surface area (Å²) in [7, 11) is 0. The summed E-state index contributed by atoms with van der Waals surface area (Å²) in [6.07, 6.45) is 3.90. The van der Waals surface area contributed by atoms with E-state index in [1.807, 2.05) is 17.3 Å². The average Bonchev–Trinajstić information content (AvgIpc) is 3.11. The molecule has 1 aromatic heterocycles. The van der Waals surface area contributed by atoms with Gasteiger partial charge in [-0.15, -0.1) is 0 Å². The maximum atomic E-state index is 12.7. The second kappa shape index (κ2) is 8.42.